The van der Waals surface area contributed by atoms with Crippen LogP contribution in [0.25, 0.3) is 0 Å². The van der Waals surface area contributed by atoms with E-state index in [0.717, 1.165) is 12.8 Å². The second kappa shape index (κ2) is 87.4. The molecule has 0 fully saturated rings. The molecule has 0 saturated carbocycles. The summed E-state index contributed by atoms with van der Waals surface area (Å²) < 4.78 is 0. The van der Waals surface area contributed by atoms with Gasteiger partial charge < -0.3 is 48.0 Å². The predicted octanol–water partition coefficient (Wildman–Crippen LogP) is 2.52. The van der Waals surface area contributed by atoms with Gasteiger partial charge in [0.1, 0.15) is 0 Å². The monoisotopic (exact) mass is 817 g/mol. The Bertz CT molecular complexity index is 20.1. The SMILES string of the molecule is [CH2-]C[CH2-].[CH2-]C[CH2-].[CH3-].[W].[Y].[Y].[Y].[Y].[Y].[Y]. The predicted molar refractivity (Wildman–Crippen MR) is 37.1 cm³/mol. The molecule has 6 radical (unpaired) electrons. The second-order valence-corrected chi connectivity index (χ2v) is 0.707. The van der Waals surface area contributed by atoms with Crippen molar-refractivity contribution in [2.45, 2.75) is 12.8 Å². The van der Waals surface area contributed by atoms with Gasteiger partial charge in [-0.3, -0.25) is 0 Å². The average molecular weight is 816 g/mol. The van der Waals surface area contributed by atoms with E-state index in [1.54, 1.807) is 0 Å². The second-order valence-electron chi connectivity index (χ2n) is 0.707. The van der Waals surface area contributed by atoms with Crippen molar-refractivity contribution in [3.63, 3.8) is 0 Å². The standard InChI is InChI=1S/2C3H6.CH3.W.6Y/c2*1-3-2;;;;;;;;/h2*1-3H2;1H3;;;;;;;/q2*-2;-1;;;;;;;. The van der Waals surface area contributed by atoms with Crippen molar-refractivity contribution in [2.75, 3.05) is 0 Å². The van der Waals surface area contributed by atoms with Crippen molar-refractivity contribution >= 4 is 0 Å². The summed E-state index contributed by atoms with van der Waals surface area (Å²) in [4.78, 5) is 0. The van der Waals surface area contributed by atoms with Crippen LogP contribution >= 0.6 is 0 Å². The summed E-state index contributed by atoms with van der Waals surface area (Å²) >= 11 is 0. The van der Waals surface area contributed by atoms with Gasteiger partial charge in [0.2, 0.25) is 0 Å². The van der Waals surface area contributed by atoms with E-state index in [-0.39, 0.29) is 225 Å². The third-order valence-corrected chi connectivity index (χ3v) is 0. The van der Waals surface area contributed by atoms with Gasteiger partial charge in [-0.15, -0.1) is 0 Å². The van der Waals surface area contributed by atoms with Crippen LogP contribution in [0.2, 0.25) is 0 Å². The minimum absolute atomic E-state index is 0. The zero-order chi connectivity index (χ0) is 5.41. The first-order valence-corrected chi connectivity index (χ1v) is 2.00. The summed E-state index contributed by atoms with van der Waals surface area (Å²) in [5.74, 6) is 0. The Kier molecular flexibility index (Phi) is 429. The van der Waals surface area contributed by atoms with E-state index in [9.17, 15) is 0 Å². The van der Waals surface area contributed by atoms with E-state index in [1.165, 1.54) is 0 Å². The Balaban J connectivity index is -0.00000000182. The van der Waals surface area contributed by atoms with Crippen LogP contribution in [-0.4, -0.2) is 0 Å². The maximum absolute atomic E-state index is 3.38. The summed E-state index contributed by atoms with van der Waals surface area (Å²) in [6, 6.07) is 0. The quantitative estimate of drug-likeness (QED) is 0.331. The van der Waals surface area contributed by atoms with Crippen LogP contribution in [0.1, 0.15) is 12.8 Å². The fourth-order valence-corrected chi connectivity index (χ4v) is 0. The van der Waals surface area contributed by atoms with Crippen molar-refractivity contribution in [1.82, 2.24) is 0 Å². The fourth-order valence-electron chi connectivity index (χ4n) is 0. The van der Waals surface area contributed by atoms with Gasteiger partial charge in [-0.1, -0.05) is 0 Å². The van der Waals surface area contributed by atoms with E-state index in [2.05, 4.69) is 27.7 Å². The van der Waals surface area contributed by atoms with Crippen molar-refractivity contribution < 1.29 is 217 Å². The van der Waals surface area contributed by atoms with Gasteiger partial charge in [0.25, 0.3) is 0 Å². The van der Waals surface area contributed by atoms with Gasteiger partial charge in [0.05, 0.1) is 0 Å². The Morgan fingerprint density at radius 2 is 0.500 bits per heavy atom. The van der Waals surface area contributed by atoms with E-state index >= 15 is 0 Å². The van der Waals surface area contributed by atoms with Crippen LogP contribution in [-0.2, 0) is 217 Å². The third-order valence-electron chi connectivity index (χ3n) is 0. The molecule has 0 unspecified atom stereocenters. The molecule has 0 nitrogen and oxygen atoms in total. The molecule has 0 atom stereocenters. The molecule has 0 heterocycles. The summed E-state index contributed by atoms with van der Waals surface area (Å²) in [6.45, 7) is 13.5. The van der Waals surface area contributed by atoms with E-state index in [4.69, 9.17) is 0 Å². The maximum atomic E-state index is 3.38. The van der Waals surface area contributed by atoms with Crippen LogP contribution < -0.4 is 0 Å². The average Bonchev–Trinajstić information content (AvgIpc) is 1.39. The van der Waals surface area contributed by atoms with Crippen LogP contribution in [0.4, 0.5) is 0 Å². The Morgan fingerprint density at radius 1 is 0.500 bits per heavy atom. The molecule has 72 valence electrons. The van der Waals surface area contributed by atoms with Crippen molar-refractivity contribution in [3.05, 3.63) is 35.1 Å². The Labute approximate surface area is 258 Å². The van der Waals surface area contributed by atoms with Crippen LogP contribution in [0.5, 0.6) is 0 Å². The van der Waals surface area contributed by atoms with E-state index in [1.807, 2.05) is 0 Å². The van der Waals surface area contributed by atoms with Gasteiger partial charge >= 0.3 is 0 Å². The molecule has 14 heavy (non-hydrogen) atoms. The first-order valence-electron chi connectivity index (χ1n) is 2.00. The van der Waals surface area contributed by atoms with Crippen molar-refractivity contribution in [2.24, 2.45) is 0 Å². The number of rotatable bonds is 0. The first-order chi connectivity index (χ1) is 2.83. The summed E-state index contributed by atoms with van der Waals surface area (Å²) in [5, 5.41) is 0. The molecule has 0 spiro atoms. The molecule has 0 aliphatic carbocycles. The summed E-state index contributed by atoms with van der Waals surface area (Å²) in [6.07, 6.45) is 1.50. The zero-order valence-corrected chi connectivity index (χ0v) is 29.1. The number of hydrogen-bond donors (Lipinski definition) is 0. The topological polar surface area (TPSA) is 0 Å². The molecule has 0 rings (SSSR count). The molecular formula is C7H15WY6-5. The normalized spacial score (nSPS) is 2.57. The Morgan fingerprint density at radius 3 is 0.500 bits per heavy atom. The van der Waals surface area contributed by atoms with Crippen molar-refractivity contribution in [3.8, 4) is 0 Å². The molecule has 0 aliphatic rings. The number of hydrogen-bond acceptors (Lipinski definition) is 0. The van der Waals surface area contributed by atoms with E-state index < -0.39 is 0 Å². The smallest absolute Gasteiger partial charge is 0 e. The molecule has 7 heteroatoms. The molecule has 0 bridgehead atoms. The molecule has 0 aliphatic heterocycles. The molecular weight excluding hydrogens is 801 g/mol. The first kappa shape index (κ1) is 68.7. The third kappa shape index (κ3) is 121. The molecule has 0 aromatic rings. The minimum atomic E-state index is 0. The maximum Gasteiger partial charge on any atom is 0 e. The van der Waals surface area contributed by atoms with Crippen LogP contribution in [0, 0.1) is 35.1 Å². The molecule has 0 saturated heterocycles. The van der Waals surface area contributed by atoms with Gasteiger partial charge in [0.15, 0.2) is 0 Å². The molecule has 0 aromatic carbocycles. The van der Waals surface area contributed by atoms with Crippen LogP contribution in [0.15, 0.2) is 0 Å². The van der Waals surface area contributed by atoms with Crippen LogP contribution in [0.3, 0.4) is 0 Å². The van der Waals surface area contributed by atoms with Gasteiger partial charge in [-0.05, 0) is 0 Å². The van der Waals surface area contributed by atoms with Gasteiger partial charge in [0, 0.05) is 217 Å². The zero-order valence-electron chi connectivity index (χ0n) is 9.11. The fraction of sp³-hybridized carbons (Fsp3) is 0.286. The molecule has 0 N–H and O–H groups in total. The summed E-state index contributed by atoms with van der Waals surface area (Å²) in [5.41, 5.74) is 0. The largest absolute Gasteiger partial charge is 0.372 e. The van der Waals surface area contributed by atoms with Crippen molar-refractivity contribution in [1.29, 1.82) is 0 Å². The molecule has 0 amide bonds. The van der Waals surface area contributed by atoms with Gasteiger partial charge in [-0.25, -0.2) is 0 Å². The molecule has 0 aromatic heterocycles. The summed E-state index contributed by atoms with van der Waals surface area (Å²) in [7, 11) is 0. The minimum Gasteiger partial charge on any atom is -0.372 e. The Hall–Kier alpha value is 7.31. The van der Waals surface area contributed by atoms with E-state index in [0.29, 0.717) is 0 Å². The van der Waals surface area contributed by atoms with Gasteiger partial charge in [-0.2, -0.15) is 0 Å².